The number of carbonyl (C=O) groups is 1. The summed E-state index contributed by atoms with van der Waals surface area (Å²) in [4.78, 5) is 11.5. The number of benzene rings is 2. The van der Waals surface area contributed by atoms with Gasteiger partial charge in [0.2, 0.25) is 0 Å². The Morgan fingerprint density at radius 1 is 1.00 bits per heavy atom. The molecule has 0 unspecified atom stereocenters. The van der Waals surface area contributed by atoms with Crippen molar-refractivity contribution in [1.82, 2.24) is 0 Å². The van der Waals surface area contributed by atoms with Crippen LogP contribution in [0.15, 0.2) is 42.5 Å². The number of hydrogen-bond acceptors (Lipinski definition) is 2. The van der Waals surface area contributed by atoms with Gasteiger partial charge in [0.15, 0.2) is 0 Å². The minimum atomic E-state index is -2.95. The monoisotopic (exact) mass is 376 g/mol. The molecule has 0 atom stereocenters. The Morgan fingerprint density at radius 3 is 2.30 bits per heavy atom. The Kier molecular flexibility index (Phi) is 8.24. The minimum Gasteiger partial charge on any atom is -0.478 e. The third kappa shape index (κ3) is 6.66. The average Bonchev–Trinajstić information content (AvgIpc) is 2.64. The van der Waals surface area contributed by atoms with Gasteiger partial charge in [-0.3, -0.25) is 0 Å². The number of alkyl halides is 2. The first-order chi connectivity index (χ1) is 13.0. The van der Waals surface area contributed by atoms with E-state index in [-0.39, 0.29) is 11.3 Å². The SMILES string of the molecule is CCCCCCCCc1ccc(-c2cc(OC(F)F)ccc2C(=O)O)cc1. The second kappa shape index (κ2) is 10.7. The topological polar surface area (TPSA) is 46.5 Å². The second-order valence-corrected chi connectivity index (χ2v) is 6.61. The van der Waals surface area contributed by atoms with E-state index in [1.165, 1.54) is 55.9 Å². The van der Waals surface area contributed by atoms with Gasteiger partial charge in [-0.1, -0.05) is 63.3 Å². The summed E-state index contributed by atoms with van der Waals surface area (Å²) < 4.78 is 29.3. The standard InChI is InChI=1S/C22H26F2O3/c1-2-3-4-5-6-7-8-16-9-11-17(12-10-16)20-15-18(27-22(23)24)13-14-19(20)21(25)26/h9-15,22H,2-8H2,1H3,(H,25,26). The van der Waals surface area contributed by atoms with Crippen molar-refractivity contribution in [2.75, 3.05) is 0 Å². The van der Waals surface area contributed by atoms with E-state index in [0.717, 1.165) is 12.8 Å². The fourth-order valence-corrected chi connectivity index (χ4v) is 3.09. The van der Waals surface area contributed by atoms with E-state index in [4.69, 9.17) is 0 Å². The number of hydrogen-bond donors (Lipinski definition) is 1. The molecule has 0 heterocycles. The number of aromatic carboxylic acids is 1. The molecule has 5 heteroatoms. The van der Waals surface area contributed by atoms with Crippen molar-refractivity contribution in [2.24, 2.45) is 0 Å². The Labute approximate surface area is 159 Å². The summed E-state index contributed by atoms with van der Waals surface area (Å²) in [6, 6.07) is 11.5. The van der Waals surface area contributed by atoms with Crippen LogP contribution in [0.1, 0.15) is 61.4 Å². The normalized spacial score (nSPS) is 11.0. The van der Waals surface area contributed by atoms with Crippen molar-refractivity contribution in [1.29, 1.82) is 0 Å². The van der Waals surface area contributed by atoms with Crippen molar-refractivity contribution in [3.05, 3.63) is 53.6 Å². The van der Waals surface area contributed by atoms with E-state index in [2.05, 4.69) is 11.7 Å². The van der Waals surface area contributed by atoms with Crippen LogP contribution >= 0.6 is 0 Å². The largest absolute Gasteiger partial charge is 0.478 e. The molecule has 0 aliphatic heterocycles. The molecule has 0 amide bonds. The predicted molar refractivity (Wildman–Crippen MR) is 103 cm³/mol. The van der Waals surface area contributed by atoms with Crippen LogP contribution in [0, 0.1) is 0 Å². The van der Waals surface area contributed by atoms with Gasteiger partial charge in [0.05, 0.1) is 5.56 Å². The van der Waals surface area contributed by atoms with Crippen molar-refractivity contribution in [2.45, 2.75) is 58.5 Å². The molecule has 0 bridgehead atoms. The van der Waals surface area contributed by atoms with Crippen LogP contribution < -0.4 is 4.74 Å². The molecule has 2 aromatic rings. The fraction of sp³-hybridized carbons (Fsp3) is 0.409. The Bertz CT molecular complexity index is 727. The van der Waals surface area contributed by atoms with Crippen molar-refractivity contribution >= 4 is 5.97 Å². The first-order valence-electron chi connectivity index (χ1n) is 9.42. The van der Waals surface area contributed by atoms with Gasteiger partial charge in [0.1, 0.15) is 5.75 Å². The highest BCUT2D eigenvalue weighted by Gasteiger charge is 2.14. The van der Waals surface area contributed by atoms with Crippen LogP contribution in [0.4, 0.5) is 8.78 Å². The van der Waals surface area contributed by atoms with Gasteiger partial charge in [-0.2, -0.15) is 8.78 Å². The van der Waals surface area contributed by atoms with Gasteiger partial charge in [-0.05, 0) is 47.7 Å². The molecule has 27 heavy (non-hydrogen) atoms. The molecule has 1 N–H and O–H groups in total. The zero-order valence-corrected chi connectivity index (χ0v) is 15.6. The third-order valence-corrected chi connectivity index (χ3v) is 4.53. The number of carboxylic acid groups (broad SMARTS) is 1. The highest BCUT2D eigenvalue weighted by molar-refractivity contribution is 5.96. The van der Waals surface area contributed by atoms with Gasteiger partial charge >= 0.3 is 12.6 Å². The molecule has 0 radical (unpaired) electrons. The Morgan fingerprint density at radius 2 is 1.67 bits per heavy atom. The number of ether oxygens (including phenoxy) is 1. The van der Waals surface area contributed by atoms with E-state index in [9.17, 15) is 18.7 Å². The lowest BCUT2D eigenvalue weighted by atomic mass is 9.97. The lowest BCUT2D eigenvalue weighted by Crippen LogP contribution is -2.04. The molecule has 0 aromatic heterocycles. The van der Waals surface area contributed by atoms with Crippen molar-refractivity contribution in [3.63, 3.8) is 0 Å². The minimum absolute atomic E-state index is 0.0545. The van der Waals surface area contributed by atoms with E-state index in [1.807, 2.05) is 24.3 Å². The van der Waals surface area contributed by atoms with E-state index in [0.29, 0.717) is 11.1 Å². The second-order valence-electron chi connectivity index (χ2n) is 6.61. The molecule has 0 fully saturated rings. The molecule has 0 spiro atoms. The quantitative estimate of drug-likeness (QED) is 0.452. The summed E-state index contributed by atoms with van der Waals surface area (Å²) >= 11 is 0. The van der Waals surface area contributed by atoms with Gasteiger partial charge < -0.3 is 9.84 Å². The van der Waals surface area contributed by atoms with Crippen LogP contribution in [-0.2, 0) is 6.42 Å². The van der Waals surface area contributed by atoms with Crippen LogP contribution in [0.2, 0.25) is 0 Å². The lowest BCUT2D eigenvalue weighted by molar-refractivity contribution is -0.0498. The Balaban J connectivity index is 2.07. The van der Waals surface area contributed by atoms with Crippen LogP contribution in [0.25, 0.3) is 11.1 Å². The summed E-state index contributed by atoms with van der Waals surface area (Å²) in [6.45, 7) is -0.750. The lowest BCUT2D eigenvalue weighted by Gasteiger charge is -2.11. The summed E-state index contributed by atoms with van der Waals surface area (Å²) in [5, 5.41) is 9.37. The van der Waals surface area contributed by atoms with Crippen molar-refractivity contribution in [3.8, 4) is 16.9 Å². The van der Waals surface area contributed by atoms with Gasteiger partial charge in [-0.15, -0.1) is 0 Å². The highest BCUT2D eigenvalue weighted by Crippen LogP contribution is 2.29. The molecular weight excluding hydrogens is 350 g/mol. The smallest absolute Gasteiger partial charge is 0.387 e. The molecule has 0 aliphatic rings. The number of unbranched alkanes of at least 4 members (excludes halogenated alkanes) is 5. The third-order valence-electron chi connectivity index (χ3n) is 4.53. The summed E-state index contributed by atoms with van der Waals surface area (Å²) in [5.41, 5.74) is 2.27. The van der Waals surface area contributed by atoms with E-state index in [1.54, 1.807) is 0 Å². The average molecular weight is 376 g/mol. The van der Waals surface area contributed by atoms with Gasteiger partial charge in [0.25, 0.3) is 0 Å². The molecule has 3 nitrogen and oxygen atoms in total. The fourth-order valence-electron chi connectivity index (χ4n) is 3.09. The highest BCUT2D eigenvalue weighted by atomic mass is 19.3. The first kappa shape index (κ1) is 20.9. The van der Waals surface area contributed by atoms with Gasteiger partial charge in [0, 0.05) is 0 Å². The molecule has 0 saturated heterocycles. The molecule has 0 aliphatic carbocycles. The number of aryl methyl sites for hydroxylation is 1. The zero-order valence-electron chi connectivity index (χ0n) is 15.6. The zero-order chi connectivity index (χ0) is 19.6. The molecule has 2 rings (SSSR count). The summed E-state index contributed by atoms with van der Waals surface area (Å²) in [5.74, 6) is -1.16. The number of halogens is 2. The maximum atomic E-state index is 12.4. The van der Waals surface area contributed by atoms with Crippen LogP contribution in [-0.4, -0.2) is 17.7 Å². The maximum absolute atomic E-state index is 12.4. The van der Waals surface area contributed by atoms with E-state index >= 15 is 0 Å². The summed E-state index contributed by atoms with van der Waals surface area (Å²) in [7, 11) is 0. The Hall–Kier alpha value is -2.43. The predicted octanol–water partition coefficient (Wildman–Crippen LogP) is 6.56. The maximum Gasteiger partial charge on any atom is 0.387 e. The number of rotatable bonds is 11. The van der Waals surface area contributed by atoms with E-state index < -0.39 is 12.6 Å². The number of carboxylic acids is 1. The molecular formula is C22H26F2O3. The first-order valence-corrected chi connectivity index (χ1v) is 9.42. The van der Waals surface area contributed by atoms with Crippen molar-refractivity contribution < 1.29 is 23.4 Å². The van der Waals surface area contributed by atoms with Gasteiger partial charge in [-0.25, -0.2) is 4.79 Å². The molecule has 2 aromatic carbocycles. The van der Waals surface area contributed by atoms with Crippen LogP contribution in [0.3, 0.4) is 0 Å². The molecule has 146 valence electrons. The van der Waals surface area contributed by atoms with Crippen LogP contribution in [0.5, 0.6) is 5.75 Å². The summed E-state index contributed by atoms with van der Waals surface area (Å²) in [6.07, 6.45) is 8.37. The molecule has 0 saturated carbocycles.